The maximum atomic E-state index is 5.91. The third kappa shape index (κ3) is 2.65. The predicted octanol–water partition coefficient (Wildman–Crippen LogP) is 2.12. The molecule has 102 valence electrons. The van der Waals surface area contributed by atoms with E-state index in [1.165, 1.54) is 12.8 Å². The summed E-state index contributed by atoms with van der Waals surface area (Å²) < 4.78 is 0. The molecule has 1 aromatic heterocycles. The molecule has 2 aromatic rings. The van der Waals surface area contributed by atoms with Gasteiger partial charge in [-0.1, -0.05) is 19.1 Å². The van der Waals surface area contributed by atoms with Gasteiger partial charge in [0.25, 0.3) is 0 Å². The second-order valence-corrected chi connectivity index (χ2v) is 5.69. The van der Waals surface area contributed by atoms with E-state index in [2.05, 4.69) is 27.9 Å². The van der Waals surface area contributed by atoms with Gasteiger partial charge < -0.3 is 10.7 Å². The largest absolute Gasteiger partial charge is 0.341 e. The Morgan fingerprint density at radius 1 is 1.42 bits per heavy atom. The predicted molar refractivity (Wildman–Crippen MR) is 77.7 cm³/mol. The maximum Gasteiger partial charge on any atom is 0.121 e. The van der Waals surface area contributed by atoms with E-state index in [1.54, 1.807) is 0 Å². The number of benzene rings is 1. The van der Waals surface area contributed by atoms with Crippen LogP contribution in [-0.4, -0.2) is 34.0 Å². The molecule has 4 heteroatoms. The van der Waals surface area contributed by atoms with Gasteiger partial charge in [-0.05, 0) is 37.4 Å². The fourth-order valence-electron chi connectivity index (χ4n) is 3.03. The van der Waals surface area contributed by atoms with Gasteiger partial charge in [-0.25, -0.2) is 4.98 Å². The number of hydrogen-bond donors (Lipinski definition) is 2. The molecule has 3 N–H and O–H groups in total. The highest BCUT2D eigenvalue weighted by molar-refractivity contribution is 5.74. The zero-order chi connectivity index (χ0) is 13.2. The van der Waals surface area contributed by atoms with Crippen molar-refractivity contribution in [1.29, 1.82) is 0 Å². The van der Waals surface area contributed by atoms with Crippen LogP contribution in [0.25, 0.3) is 11.0 Å². The van der Waals surface area contributed by atoms with Crippen molar-refractivity contribution in [1.82, 2.24) is 14.9 Å². The highest BCUT2D eigenvalue weighted by Crippen LogP contribution is 2.23. The molecule has 0 saturated carbocycles. The van der Waals surface area contributed by atoms with Crippen LogP contribution in [0.2, 0.25) is 0 Å². The second kappa shape index (κ2) is 5.31. The molecule has 2 heterocycles. The van der Waals surface area contributed by atoms with Crippen LogP contribution >= 0.6 is 0 Å². The van der Waals surface area contributed by atoms with E-state index in [4.69, 9.17) is 5.73 Å². The Morgan fingerprint density at radius 2 is 2.26 bits per heavy atom. The van der Waals surface area contributed by atoms with Gasteiger partial charge in [0.15, 0.2) is 0 Å². The molecular formula is C15H22N4. The minimum Gasteiger partial charge on any atom is -0.341 e. The fraction of sp³-hybridized carbons (Fsp3) is 0.533. The normalized spacial score (nSPS) is 24.9. The summed E-state index contributed by atoms with van der Waals surface area (Å²) in [5, 5.41) is 0. The summed E-state index contributed by atoms with van der Waals surface area (Å²) in [5.41, 5.74) is 8.08. The van der Waals surface area contributed by atoms with Crippen LogP contribution in [0.1, 0.15) is 25.6 Å². The van der Waals surface area contributed by atoms with Crippen molar-refractivity contribution in [2.24, 2.45) is 11.7 Å². The fourth-order valence-corrected chi connectivity index (χ4v) is 3.03. The number of aromatic nitrogens is 2. The molecule has 0 bridgehead atoms. The van der Waals surface area contributed by atoms with Crippen molar-refractivity contribution in [3.8, 4) is 0 Å². The lowest BCUT2D eigenvalue weighted by molar-refractivity contribution is 0.112. The number of H-pyrrole nitrogens is 1. The maximum absolute atomic E-state index is 5.91. The van der Waals surface area contributed by atoms with Crippen LogP contribution < -0.4 is 5.73 Å². The summed E-state index contributed by atoms with van der Waals surface area (Å²) in [5.74, 6) is 1.84. The molecule has 1 aliphatic heterocycles. The molecular weight excluding hydrogens is 236 g/mol. The van der Waals surface area contributed by atoms with E-state index in [-0.39, 0.29) is 0 Å². The first kappa shape index (κ1) is 12.6. The van der Waals surface area contributed by atoms with Gasteiger partial charge in [0.05, 0.1) is 17.6 Å². The van der Waals surface area contributed by atoms with Gasteiger partial charge in [-0.2, -0.15) is 0 Å². The minimum atomic E-state index is 0.497. The van der Waals surface area contributed by atoms with Crippen molar-refractivity contribution in [3.05, 3.63) is 30.1 Å². The summed E-state index contributed by atoms with van der Waals surface area (Å²) in [6, 6.07) is 8.68. The van der Waals surface area contributed by atoms with Gasteiger partial charge in [-0.3, -0.25) is 4.90 Å². The number of para-hydroxylation sites is 2. The second-order valence-electron chi connectivity index (χ2n) is 5.69. The summed E-state index contributed by atoms with van der Waals surface area (Å²) >= 11 is 0. The van der Waals surface area contributed by atoms with E-state index >= 15 is 0 Å². The van der Waals surface area contributed by atoms with Crippen molar-refractivity contribution in [2.75, 3.05) is 13.1 Å². The van der Waals surface area contributed by atoms with E-state index in [9.17, 15) is 0 Å². The molecule has 2 atom stereocenters. The molecule has 0 spiro atoms. The van der Waals surface area contributed by atoms with Gasteiger partial charge in [0.2, 0.25) is 0 Å². The lowest BCUT2D eigenvalue weighted by Gasteiger charge is -2.37. The third-order valence-electron chi connectivity index (χ3n) is 4.16. The standard InChI is InChI=1S/C15H22N4/c1-11-6-7-19(12(8-11)9-16)10-15-17-13-4-2-3-5-14(13)18-15/h2-5,11-12H,6-10,16H2,1H3,(H,17,18). The van der Waals surface area contributed by atoms with Crippen molar-refractivity contribution >= 4 is 11.0 Å². The van der Waals surface area contributed by atoms with Crippen LogP contribution in [0.15, 0.2) is 24.3 Å². The van der Waals surface area contributed by atoms with Crippen LogP contribution in [0, 0.1) is 5.92 Å². The molecule has 1 aliphatic rings. The molecule has 1 aromatic carbocycles. The number of aromatic amines is 1. The van der Waals surface area contributed by atoms with Gasteiger partial charge in [-0.15, -0.1) is 0 Å². The lowest BCUT2D eigenvalue weighted by atomic mass is 9.92. The van der Waals surface area contributed by atoms with Gasteiger partial charge in [0, 0.05) is 12.6 Å². The number of rotatable bonds is 3. The Morgan fingerprint density at radius 3 is 3.05 bits per heavy atom. The number of fused-ring (bicyclic) bond motifs is 1. The van der Waals surface area contributed by atoms with Crippen molar-refractivity contribution in [3.63, 3.8) is 0 Å². The lowest BCUT2D eigenvalue weighted by Crippen LogP contribution is -2.45. The van der Waals surface area contributed by atoms with Crippen molar-refractivity contribution < 1.29 is 0 Å². The van der Waals surface area contributed by atoms with E-state index in [0.717, 1.165) is 42.4 Å². The zero-order valence-corrected chi connectivity index (χ0v) is 11.5. The molecule has 0 amide bonds. The summed E-state index contributed by atoms with van der Waals surface area (Å²) in [7, 11) is 0. The molecule has 4 nitrogen and oxygen atoms in total. The first-order chi connectivity index (χ1) is 9.26. The quantitative estimate of drug-likeness (QED) is 0.886. The average Bonchev–Trinajstić information content (AvgIpc) is 2.83. The van der Waals surface area contributed by atoms with Crippen LogP contribution in [0.5, 0.6) is 0 Å². The van der Waals surface area contributed by atoms with E-state index < -0.39 is 0 Å². The molecule has 2 unspecified atom stereocenters. The number of nitrogens with one attached hydrogen (secondary N) is 1. The highest BCUT2D eigenvalue weighted by atomic mass is 15.2. The number of hydrogen-bond acceptors (Lipinski definition) is 3. The van der Waals surface area contributed by atoms with Crippen LogP contribution in [0.3, 0.4) is 0 Å². The summed E-state index contributed by atoms with van der Waals surface area (Å²) in [4.78, 5) is 10.5. The Kier molecular flexibility index (Phi) is 3.53. The highest BCUT2D eigenvalue weighted by Gasteiger charge is 2.25. The van der Waals surface area contributed by atoms with Crippen LogP contribution in [-0.2, 0) is 6.54 Å². The summed E-state index contributed by atoms with van der Waals surface area (Å²) in [6.45, 7) is 5.06. The monoisotopic (exact) mass is 258 g/mol. The topological polar surface area (TPSA) is 57.9 Å². The molecule has 3 rings (SSSR count). The SMILES string of the molecule is CC1CCN(Cc2nc3ccccc3[nH]2)C(CN)C1. The molecule has 0 aliphatic carbocycles. The first-order valence-electron chi connectivity index (χ1n) is 7.14. The van der Waals surface area contributed by atoms with E-state index in [1.807, 2.05) is 18.2 Å². The minimum absolute atomic E-state index is 0.497. The zero-order valence-electron chi connectivity index (χ0n) is 11.5. The van der Waals surface area contributed by atoms with Crippen molar-refractivity contribution in [2.45, 2.75) is 32.4 Å². The van der Waals surface area contributed by atoms with Gasteiger partial charge in [0.1, 0.15) is 5.82 Å². The van der Waals surface area contributed by atoms with Gasteiger partial charge >= 0.3 is 0 Å². The number of imidazole rings is 1. The van der Waals surface area contributed by atoms with Crippen LogP contribution in [0.4, 0.5) is 0 Å². The Balaban J connectivity index is 1.76. The number of nitrogens with zero attached hydrogens (tertiary/aromatic N) is 2. The Hall–Kier alpha value is -1.39. The smallest absolute Gasteiger partial charge is 0.121 e. The average molecular weight is 258 g/mol. The first-order valence-corrected chi connectivity index (χ1v) is 7.14. The molecule has 1 fully saturated rings. The number of piperidine rings is 1. The molecule has 1 saturated heterocycles. The Bertz CT molecular complexity index is 515. The third-order valence-corrected chi connectivity index (χ3v) is 4.16. The van der Waals surface area contributed by atoms with E-state index in [0.29, 0.717) is 6.04 Å². The summed E-state index contributed by atoms with van der Waals surface area (Å²) in [6.07, 6.45) is 2.47. The Labute approximate surface area is 114 Å². The molecule has 19 heavy (non-hydrogen) atoms. The number of nitrogens with two attached hydrogens (primary N) is 1. The molecule has 0 radical (unpaired) electrons. The number of likely N-dealkylation sites (tertiary alicyclic amines) is 1.